The number of para-hydroxylation sites is 3. The van der Waals surface area contributed by atoms with Crippen LogP contribution < -0.4 is 11.0 Å². The molecule has 2 aromatic carbocycles. The van der Waals surface area contributed by atoms with Gasteiger partial charge in [0.05, 0.1) is 11.0 Å². The van der Waals surface area contributed by atoms with Gasteiger partial charge in [-0.25, -0.2) is 4.79 Å². The van der Waals surface area contributed by atoms with Gasteiger partial charge in [0.15, 0.2) is 0 Å². The molecule has 24 heavy (non-hydrogen) atoms. The number of amides is 1. The van der Waals surface area contributed by atoms with Crippen molar-refractivity contribution in [1.82, 2.24) is 9.13 Å². The Bertz CT molecular complexity index is 951. The average molecular weight is 323 g/mol. The minimum absolute atomic E-state index is 0.00733. The van der Waals surface area contributed by atoms with Gasteiger partial charge in [0.1, 0.15) is 6.54 Å². The SMILES string of the molecule is CC(C)c1ccccc1NC(=O)Cn1c(=O)n(C)c2ccccc21. The van der Waals surface area contributed by atoms with Gasteiger partial charge >= 0.3 is 5.69 Å². The van der Waals surface area contributed by atoms with Crippen LogP contribution in [0, 0.1) is 0 Å². The summed E-state index contributed by atoms with van der Waals surface area (Å²) in [5.41, 5.74) is 3.26. The first-order valence-electron chi connectivity index (χ1n) is 8.02. The molecule has 1 heterocycles. The van der Waals surface area contributed by atoms with Crippen molar-refractivity contribution in [2.45, 2.75) is 26.3 Å². The zero-order valence-electron chi connectivity index (χ0n) is 14.1. The van der Waals surface area contributed by atoms with Crippen LogP contribution in [0.1, 0.15) is 25.3 Å². The Balaban J connectivity index is 1.89. The zero-order valence-corrected chi connectivity index (χ0v) is 14.1. The van der Waals surface area contributed by atoms with Gasteiger partial charge in [-0.15, -0.1) is 0 Å². The predicted molar refractivity (Wildman–Crippen MR) is 96.3 cm³/mol. The van der Waals surface area contributed by atoms with Crippen molar-refractivity contribution >= 4 is 22.6 Å². The lowest BCUT2D eigenvalue weighted by Gasteiger charge is -2.13. The maximum absolute atomic E-state index is 12.5. The van der Waals surface area contributed by atoms with E-state index < -0.39 is 0 Å². The Morgan fingerprint density at radius 1 is 1.04 bits per heavy atom. The van der Waals surface area contributed by atoms with Crippen LogP contribution in [0.5, 0.6) is 0 Å². The topological polar surface area (TPSA) is 56.0 Å². The third kappa shape index (κ3) is 2.85. The van der Waals surface area contributed by atoms with Gasteiger partial charge in [0.25, 0.3) is 0 Å². The van der Waals surface area contributed by atoms with Crippen LogP contribution in [0.2, 0.25) is 0 Å². The highest BCUT2D eigenvalue weighted by Crippen LogP contribution is 2.23. The molecule has 1 amide bonds. The van der Waals surface area contributed by atoms with E-state index in [0.29, 0.717) is 5.92 Å². The molecule has 3 rings (SSSR count). The summed E-state index contributed by atoms with van der Waals surface area (Å²) in [5.74, 6) is 0.100. The fourth-order valence-electron chi connectivity index (χ4n) is 2.96. The van der Waals surface area contributed by atoms with Crippen molar-refractivity contribution in [2.24, 2.45) is 7.05 Å². The second-order valence-corrected chi connectivity index (χ2v) is 6.21. The first-order chi connectivity index (χ1) is 11.5. The van der Waals surface area contributed by atoms with E-state index in [-0.39, 0.29) is 18.1 Å². The summed E-state index contributed by atoms with van der Waals surface area (Å²) in [6.45, 7) is 4.16. The largest absolute Gasteiger partial charge is 0.329 e. The third-order valence-electron chi connectivity index (χ3n) is 4.21. The van der Waals surface area contributed by atoms with Crippen molar-refractivity contribution in [2.75, 3.05) is 5.32 Å². The molecule has 1 N–H and O–H groups in total. The molecular weight excluding hydrogens is 302 g/mol. The lowest BCUT2D eigenvalue weighted by Crippen LogP contribution is -2.28. The maximum atomic E-state index is 12.5. The van der Waals surface area contributed by atoms with Crippen molar-refractivity contribution in [3.63, 3.8) is 0 Å². The number of rotatable bonds is 4. The number of carbonyl (C=O) groups is 1. The van der Waals surface area contributed by atoms with Gasteiger partial charge < -0.3 is 5.32 Å². The quantitative estimate of drug-likeness (QED) is 0.802. The number of nitrogens with zero attached hydrogens (tertiary/aromatic N) is 2. The number of anilines is 1. The van der Waals surface area contributed by atoms with Crippen LogP contribution in [0.4, 0.5) is 5.69 Å². The van der Waals surface area contributed by atoms with E-state index in [1.54, 1.807) is 11.6 Å². The lowest BCUT2D eigenvalue weighted by atomic mass is 10.0. The first-order valence-corrected chi connectivity index (χ1v) is 8.02. The van der Waals surface area contributed by atoms with E-state index in [1.807, 2.05) is 48.5 Å². The smallest absolute Gasteiger partial charge is 0.324 e. The normalized spacial score (nSPS) is 11.2. The number of fused-ring (bicyclic) bond motifs is 1. The molecule has 0 radical (unpaired) electrons. The van der Waals surface area contributed by atoms with Crippen molar-refractivity contribution in [3.8, 4) is 0 Å². The Morgan fingerprint density at radius 2 is 1.67 bits per heavy atom. The molecule has 0 unspecified atom stereocenters. The molecule has 124 valence electrons. The molecule has 0 aliphatic rings. The number of hydrogen-bond donors (Lipinski definition) is 1. The summed E-state index contributed by atoms with van der Waals surface area (Å²) in [6, 6.07) is 15.2. The Kier molecular flexibility index (Phi) is 4.25. The third-order valence-corrected chi connectivity index (χ3v) is 4.21. The average Bonchev–Trinajstić information content (AvgIpc) is 2.80. The highest BCUT2D eigenvalue weighted by Gasteiger charge is 2.14. The summed E-state index contributed by atoms with van der Waals surface area (Å²) in [5, 5.41) is 2.93. The van der Waals surface area contributed by atoms with E-state index in [4.69, 9.17) is 0 Å². The number of aromatic nitrogens is 2. The van der Waals surface area contributed by atoms with E-state index >= 15 is 0 Å². The van der Waals surface area contributed by atoms with Gasteiger partial charge in [-0.3, -0.25) is 13.9 Å². The van der Waals surface area contributed by atoms with Crippen molar-refractivity contribution in [3.05, 3.63) is 64.6 Å². The summed E-state index contributed by atoms with van der Waals surface area (Å²) in [4.78, 5) is 24.9. The van der Waals surface area contributed by atoms with Crippen LogP contribution in [0.25, 0.3) is 11.0 Å². The van der Waals surface area contributed by atoms with Crippen molar-refractivity contribution in [1.29, 1.82) is 0 Å². The molecule has 5 nitrogen and oxygen atoms in total. The van der Waals surface area contributed by atoms with E-state index in [0.717, 1.165) is 22.3 Å². The first kappa shape index (κ1) is 16.1. The van der Waals surface area contributed by atoms with Gasteiger partial charge in [0, 0.05) is 12.7 Å². The van der Waals surface area contributed by atoms with Crippen molar-refractivity contribution < 1.29 is 4.79 Å². The number of aryl methyl sites for hydroxylation is 1. The lowest BCUT2D eigenvalue weighted by molar-refractivity contribution is -0.116. The van der Waals surface area contributed by atoms with E-state index in [2.05, 4.69) is 19.2 Å². The molecule has 0 bridgehead atoms. The highest BCUT2D eigenvalue weighted by atomic mass is 16.2. The zero-order chi connectivity index (χ0) is 17.3. The van der Waals surface area contributed by atoms with Gasteiger partial charge in [-0.05, 0) is 29.7 Å². The fraction of sp³-hybridized carbons (Fsp3) is 0.263. The highest BCUT2D eigenvalue weighted by molar-refractivity contribution is 5.92. The fourth-order valence-corrected chi connectivity index (χ4v) is 2.96. The standard InChI is InChI=1S/C19H21N3O2/c1-13(2)14-8-4-5-9-15(14)20-18(23)12-22-17-11-7-6-10-16(17)21(3)19(22)24/h4-11,13H,12H2,1-3H3,(H,20,23). The summed E-state index contributed by atoms with van der Waals surface area (Å²) < 4.78 is 3.06. The van der Waals surface area contributed by atoms with E-state index in [9.17, 15) is 9.59 Å². The van der Waals surface area contributed by atoms with Crippen LogP contribution in [0.3, 0.4) is 0 Å². The molecule has 0 aliphatic heterocycles. The van der Waals surface area contributed by atoms with Crippen LogP contribution in [-0.2, 0) is 18.4 Å². The number of imidazole rings is 1. The number of nitrogens with one attached hydrogen (secondary N) is 1. The van der Waals surface area contributed by atoms with E-state index in [1.165, 1.54) is 4.57 Å². The summed E-state index contributed by atoms with van der Waals surface area (Å²) in [7, 11) is 1.72. The minimum atomic E-state index is -0.207. The van der Waals surface area contributed by atoms with Crippen LogP contribution in [-0.4, -0.2) is 15.0 Å². The Morgan fingerprint density at radius 3 is 2.38 bits per heavy atom. The molecule has 0 saturated carbocycles. The van der Waals surface area contributed by atoms with Gasteiger partial charge in [-0.2, -0.15) is 0 Å². The summed E-state index contributed by atoms with van der Waals surface area (Å²) >= 11 is 0. The number of carbonyl (C=O) groups excluding carboxylic acids is 1. The monoisotopic (exact) mass is 323 g/mol. The molecule has 3 aromatic rings. The molecule has 0 spiro atoms. The second kappa shape index (κ2) is 6.35. The summed E-state index contributed by atoms with van der Waals surface area (Å²) in [6.07, 6.45) is 0. The maximum Gasteiger partial charge on any atom is 0.329 e. The molecule has 1 aromatic heterocycles. The van der Waals surface area contributed by atoms with Gasteiger partial charge in [-0.1, -0.05) is 44.2 Å². The van der Waals surface area contributed by atoms with Gasteiger partial charge in [0.2, 0.25) is 5.91 Å². The molecule has 0 fully saturated rings. The number of benzene rings is 2. The van der Waals surface area contributed by atoms with Crippen LogP contribution >= 0.6 is 0 Å². The predicted octanol–water partition coefficient (Wildman–Crippen LogP) is 3.10. The molecule has 0 saturated heterocycles. The minimum Gasteiger partial charge on any atom is -0.324 e. The molecule has 0 atom stereocenters. The molecule has 0 aliphatic carbocycles. The molecule has 5 heteroatoms. The molecular formula is C19H21N3O2. The Labute approximate surface area is 140 Å². The second-order valence-electron chi connectivity index (χ2n) is 6.21. The Hall–Kier alpha value is -2.82. The van der Waals surface area contributed by atoms with Crippen LogP contribution in [0.15, 0.2) is 53.3 Å². The number of hydrogen-bond acceptors (Lipinski definition) is 2.